The fourth-order valence-electron chi connectivity index (χ4n) is 1.87. The Morgan fingerprint density at radius 3 is 2.38 bits per heavy atom. The summed E-state index contributed by atoms with van der Waals surface area (Å²) in [6.07, 6.45) is 1.13. The molecule has 0 fully saturated rings. The van der Waals surface area contributed by atoms with Gasteiger partial charge in [-0.1, -0.05) is 5.16 Å². The SMILES string of the molecule is Cc1cc(CN(C)C(=O)c2ccc(S(C)(=O)=O)cc2)no1. The van der Waals surface area contributed by atoms with Crippen LogP contribution in [0.3, 0.4) is 0 Å². The molecule has 21 heavy (non-hydrogen) atoms. The van der Waals surface area contributed by atoms with E-state index in [-0.39, 0.29) is 10.8 Å². The first-order chi connectivity index (χ1) is 9.77. The summed E-state index contributed by atoms with van der Waals surface area (Å²) >= 11 is 0. The largest absolute Gasteiger partial charge is 0.361 e. The van der Waals surface area contributed by atoms with Crippen LogP contribution in [0.2, 0.25) is 0 Å². The Balaban J connectivity index is 2.12. The fourth-order valence-corrected chi connectivity index (χ4v) is 2.50. The highest BCUT2D eigenvalue weighted by Gasteiger charge is 2.15. The van der Waals surface area contributed by atoms with E-state index in [4.69, 9.17) is 4.52 Å². The molecule has 0 aliphatic rings. The van der Waals surface area contributed by atoms with Crippen LogP contribution in [0.15, 0.2) is 39.8 Å². The number of carbonyl (C=O) groups is 1. The molecule has 1 amide bonds. The van der Waals surface area contributed by atoms with Gasteiger partial charge in [0.2, 0.25) is 0 Å². The Kier molecular flexibility index (Phi) is 4.13. The van der Waals surface area contributed by atoms with Crippen LogP contribution in [0.1, 0.15) is 21.8 Å². The van der Waals surface area contributed by atoms with Crippen LogP contribution in [0.4, 0.5) is 0 Å². The molecule has 0 atom stereocenters. The number of amides is 1. The van der Waals surface area contributed by atoms with E-state index in [1.165, 1.54) is 29.2 Å². The minimum absolute atomic E-state index is 0.189. The highest BCUT2D eigenvalue weighted by atomic mass is 32.2. The average molecular weight is 308 g/mol. The smallest absolute Gasteiger partial charge is 0.253 e. The molecular formula is C14H16N2O4S. The number of aryl methyl sites for hydroxylation is 1. The van der Waals surface area contributed by atoms with E-state index in [0.29, 0.717) is 23.6 Å². The lowest BCUT2D eigenvalue weighted by molar-refractivity contribution is 0.0782. The monoisotopic (exact) mass is 308 g/mol. The summed E-state index contributed by atoms with van der Waals surface area (Å²) in [6, 6.07) is 7.62. The minimum Gasteiger partial charge on any atom is -0.361 e. The summed E-state index contributed by atoms with van der Waals surface area (Å²) in [4.78, 5) is 13.9. The Morgan fingerprint density at radius 2 is 1.90 bits per heavy atom. The summed E-state index contributed by atoms with van der Waals surface area (Å²) in [5.41, 5.74) is 1.08. The van der Waals surface area contributed by atoms with Gasteiger partial charge in [0.05, 0.1) is 11.4 Å². The summed E-state index contributed by atoms with van der Waals surface area (Å²) < 4.78 is 27.7. The molecule has 2 aromatic rings. The maximum atomic E-state index is 12.2. The Bertz CT molecular complexity index is 748. The molecule has 1 aromatic carbocycles. The van der Waals surface area contributed by atoms with Gasteiger partial charge in [-0.2, -0.15) is 0 Å². The summed E-state index contributed by atoms with van der Waals surface area (Å²) in [5, 5.41) is 3.83. The topological polar surface area (TPSA) is 80.5 Å². The molecule has 2 rings (SSSR count). The standard InChI is InChI=1S/C14H16N2O4S/c1-10-8-12(15-20-10)9-16(2)14(17)11-4-6-13(7-5-11)21(3,18)19/h4-8H,9H2,1-3H3. The lowest BCUT2D eigenvalue weighted by Crippen LogP contribution is -2.26. The lowest BCUT2D eigenvalue weighted by Gasteiger charge is -2.15. The Labute approximate surface area is 123 Å². The van der Waals surface area contributed by atoms with Crippen molar-refractivity contribution in [3.63, 3.8) is 0 Å². The van der Waals surface area contributed by atoms with Crippen LogP contribution in [-0.4, -0.2) is 37.7 Å². The predicted octanol–water partition coefficient (Wildman–Crippen LogP) is 1.66. The van der Waals surface area contributed by atoms with Gasteiger partial charge in [0.1, 0.15) is 11.5 Å². The summed E-state index contributed by atoms with van der Waals surface area (Å²) in [5.74, 6) is 0.471. The molecule has 0 aliphatic carbocycles. The van der Waals surface area contributed by atoms with E-state index >= 15 is 0 Å². The third kappa shape index (κ3) is 3.69. The molecular weight excluding hydrogens is 292 g/mol. The van der Waals surface area contributed by atoms with Crippen LogP contribution in [-0.2, 0) is 16.4 Å². The summed E-state index contributed by atoms with van der Waals surface area (Å²) in [7, 11) is -1.61. The van der Waals surface area contributed by atoms with Crippen LogP contribution in [0.25, 0.3) is 0 Å². The zero-order chi connectivity index (χ0) is 15.6. The number of hydrogen-bond donors (Lipinski definition) is 0. The van der Waals surface area contributed by atoms with Crippen molar-refractivity contribution < 1.29 is 17.7 Å². The maximum Gasteiger partial charge on any atom is 0.253 e. The van der Waals surface area contributed by atoms with Gasteiger partial charge in [-0.3, -0.25) is 4.79 Å². The molecule has 0 spiro atoms. The van der Waals surface area contributed by atoms with Crippen molar-refractivity contribution in [2.24, 2.45) is 0 Å². The predicted molar refractivity (Wildman–Crippen MR) is 76.6 cm³/mol. The van der Waals surface area contributed by atoms with E-state index < -0.39 is 9.84 Å². The highest BCUT2D eigenvalue weighted by Crippen LogP contribution is 2.13. The van der Waals surface area contributed by atoms with Crippen molar-refractivity contribution in [3.05, 3.63) is 47.3 Å². The van der Waals surface area contributed by atoms with Gasteiger partial charge < -0.3 is 9.42 Å². The van der Waals surface area contributed by atoms with Crippen molar-refractivity contribution in [2.45, 2.75) is 18.4 Å². The Morgan fingerprint density at radius 1 is 1.29 bits per heavy atom. The van der Waals surface area contributed by atoms with Crippen molar-refractivity contribution in [1.82, 2.24) is 10.1 Å². The van der Waals surface area contributed by atoms with Gasteiger partial charge in [0.25, 0.3) is 5.91 Å². The van der Waals surface area contributed by atoms with Crippen molar-refractivity contribution >= 4 is 15.7 Å². The first-order valence-corrected chi connectivity index (χ1v) is 8.14. The highest BCUT2D eigenvalue weighted by molar-refractivity contribution is 7.90. The number of rotatable bonds is 4. The third-order valence-corrected chi connectivity index (χ3v) is 4.08. The molecule has 0 unspecified atom stereocenters. The average Bonchev–Trinajstić information content (AvgIpc) is 2.82. The van der Waals surface area contributed by atoms with E-state index in [0.717, 1.165) is 6.26 Å². The molecule has 1 heterocycles. The van der Waals surface area contributed by atoms with Gasteiger partial charge in [0, 0.05) is 24.9 Å². The zero-order valence-corrected chi connectivity index (χ0v) is 12.8. The zero-order valence-electron chi connectivity index (χ0n) is 12.0. The van der Waals surface area contributed by atoms with Gasteiger partial charge in [-0.15, -0.1) is 0 Å². The molecule has 7 heteroatoms. The van der Waals surface area contributed by atoms with Crippen LogP contribution in [0.5, 0.6) is 0 Å². The van der Waals surface area contributed by atoms with Gasteiger partial charge in [0.15, 0.2) is 9.84 Å². The molecule has 0 saturated carbocycles. The number of benzene rings is 1. The molecule has 0 N–H and O–H groups in total. The second kappa shape index (κ2) is 5.69. The number of aromatic nitrogens is 1. The minimum atomic E-state index is -3.26. The molecule has 0 radical (unpaired) electrons. The number of carbonyl (C=O) groups excluding carboxylic acids is 1. The van der Waals surface area contributed by atoms with Crippen molar-refractivity contribution in [2.75, 3.05) is 13.3 Å². The molecule has 0 saturated heterocycles. The van der Waals surface area contributed by atoms with Crippen LogP contribution < -0.4 is 0 Å². The second-order valence-electron chi connectivity index (χ2n) is 4.89. The van der Waals surface area contributed by atoms with Crippen LogP contribution in [0, 0.1) is 6.92 Å². The Hall–Kier alpha value is -2.15. The van der Waals surface area contributed by atoms with Crippen molar-refractivity contribution in [1.29, 1.82) is 0 Å². The normalized spacial score (nSPS) is 11.4. The first-order valence-electron chi connectivity index (χ1n) is 6.25. The van der Waals surface area contributed by atoms with Gasteiger partial charge >= 0.3 is 0 Å². The lowest BCUT2D eigenvalue weighted by atomic mass is 10.2. The second-order valence-corrected chi connectivity index (χ2v) is 6.90. The van der Waals surface area contributed by atoms with Crippen LogP contribution >= 0.6 is 0 Å². The first kappa shape index (κ1) is 15.2. The molecule has 0 bridgehead atoms. The quantitative estimate of drug-likeness (QED) is 0.858. The van der Waals surface area contributed by atoms with Crippen molar-refractivity contribution in [3.8, 4) is 0 Å². The van der Waals surface area contributed by atoms with Gasteiger partial charge in [-0.25, -0.2) is 8.42 Å². The fraction of sp³-hybridized carbons (Fsp3) is 0.286. The van der Waals surface area contributed by atoms with E-state index in [2.05, 4.69) is 5.16 Å². The molecule has 0 aliphatic heterocycles. The third-order valence-electron chi connectivity index (χ3n) is 2.95. The van der Waals surface area contributed by atoms with E-state index in [9.17, 15) is 13.2 Å². The van der Waals surface area contributed by atoms with Gasteiger partial charge in [-0.05, 0) is 31.2 Å². The number of hydrogen-bond acceptors (Lipinski definition) is 5. The molecule has 112 valence electrons. The maximum absolute atomic E-state index is 12.2. The summed E-state index contributed by atoms with van der Waals surface area (Å²) in [6.45, 7) is 2.10. The number of nitrogens with zero attached hydrogens (tertiary/aromatic N) is 2. The van der Waals surface area contributed by atoms with E-state index in [1.807, 2.05) is 0 Å². The molecule has 6 nitrogen and oxygen atoms in total. The van der Waals surface area contributed by atoms with E-state index in [1.54, 1.807) is 20.0 Å². The number of sulfone groups is 1. The molecule has 1 aromatic heterocycles.